The minimum Gasteiger partial charge on any atom is -0.369 e. The first-order valence-corrected chi connectivity index (χ1v) is 11.3. The fourth-order valence-corrected chi connectivity index (χ4v) is 4.34. The molecule has 0 aromatic heterocycles. The molecule has 1 aliphatic rings. The fraction of sp³-hybridized carbons (Fsp3) is 0.381. The van der Waals surface area contributed by atoms with Gasteiger partial charge in [-0.2, -0.15) is 0 Å². The van der Waals surface area contributed by atoms with Crippen molar-refractivity contribution in [3.63, 3.8) is 0 Å². The summed E-state index contributed by atoms with van der Waals surface area (Å²) in [5.41, 5.74) is 2.25. The van der Waals surface area contributed by atoms with E-state index in [1.165, 1.54) is 5.69 Å². The van der Waals surface area contributed by atoms with E-state index >= 15 is 0 Å². The fourth-order valence-electron chi connectivity index (χ4n) is 3.31. The van der Waals surface area contributed by atoms with Crippen molar-refractivity contribution in [3.8, 4) is 0 Å². The molecular formula is C21H30IN5O2S. The molecule has 2 aromatic rings. The average molecular weight is 543 g/mol. The number of hydrogen-bond donors (Lipinski definition) is 3. The lowest BCUT2D eigenvalue weighted by molar-refractivity contribution is 0.579. The number of aliphatic imine (C=N–C) groups is 1. The zero-order valence-electron chi connectivity index (χ0n) is 17.3. The lowest BCUT2D eigenvalue weighted by atomic mass is 10.2. The van der Waals surface area contributed by atoms with Crippen LogP contribution in [-0.2, 0) is 10.0 Å². The third kappa shape index (κ3) is 6.85. The summed E-state index contributed by atoms with van der Waals surface area (Å²) in [6.07, 6.45) is 1.02. The van der Waals surface area contributed by atoms with E-state index in [4.69, 9.17) is 0 Å². The van der Waals surface area contributed by atoms with Crippen molar-refractivity contribution in [3.05, 3.63) is 60.2 Å². The van der Waals surface area contributed by atoms with Crippen molar-refractivity contribution in [2.45, 2.75) is 24.3 Å². The van der Waals surface area contributed by atoms with Crippen LogP contribution in [0.2, 0.25) is 0 Å². The van der Waals surface area contributed by atoms with E-state index in [0.717, 1.165) is 25.1 Å². The van der Waals surface area contributed by atoms with Crippen LogP contribution < -0.4 is 20.3 Å². The van der Waals surface area contributed by atoms with Crippen molar-refractivity contribution in [2.24, 2.45) is 4.99 Å². The zero-order chi connectivity index (χ0) is 20.7. The van der Waals surface area contributed by atoms with Crippen molar-refractivity contribution < 1.29 is 8.42 Å². The Bertz CT molecular complexity index is 920. The molecule has 3 N–H and O–H groups in total. The van der Waals surface area contributed by atoms with Gasteiger partial charge in [0.15, 0.2) is 5.96 Å². The minimum absolute atomic E-state index is 0. The summed E-state index contributed by atoms with van der Waals surface area (Å²) in [5, 5.41) is 6.60. The second kappa shape index (κ2) is 11.5. The number of rotatable bonds is 7. The van der Waals surface area contributed by atoms with Crippen molar-refractivity contribution in [2.75, 3.05) is 38.1 Å². The number of aryl methyl sites for hydroxylation is 1. The standard InChI is InChI=1S/C21H29N5O2S.HI/c1-17-8-10-20(11-9-17)29(27,28)24-14-13-23-21(22-2)25-18-12-15-26(16-18)19-6-4-3-5-7-19;/h3-11,18,24H,12-16H2,1-2H3,(H2,22,23,25);1H. The summed E-state index contributed by atoms with van der Waals surface area (Å²) in [4.78, 5) is 6.87. The Balaban J connectivity index is 0.00000320. The van der Waals surface area contributed by atoms with Gasteiger partial charge in [-0.15, -0.1) is 24.0 Å². The molecule has 0 amide bonds. The summed E-state index contributed by atoms with van der Waals surface area (Å²) in [6, 6.07) is 17.5. The number of nitrogens with zero attached hydrogens (tertiary/aromatic N) is 2. The summed E-state index contributed by atoms with van der Waals surface area (Å²) in [7, 11) is -1.78. The van der Waals surface area contributed by atoms with Crippen LogP contribution in [0.3, 0.4) is 0 Å². The first-order chi connectivity index (χ1) is 14.0. The van der Waals surface area contributed by atoms with Gasteiger partial charge in [0.05, 0.1) is 4.90 Å². The van der Waals surface area contributed by atoms with Crippen molar-refractivity contribution in [1.82, 2.24) is 15.4 Å². The van der Waals surface area contributed by atoms with E-state index in [1.807, 2.05) is 25.1 Å². The van der Waals surface area contributed by atoms with Crippen LogP contribution in [0, 0.1) is 6.92 Å². The maximum atomic E-state index is 12.3. The summed E-state index contributed by atoms with van der Waals surface area (Å²) >= 11 is 0. The van der Waals surface area contributed by atoms with Gasteiger partial charge in [-0.1, -0.05) is 35.9 Å². The van der Waals surface area contributed by atoms with Gasteiger partial charge >= 0.3 is 0 Å². The molecule has 1 saturated heterocycles. The topological polar surface area (TPSA) is 85.8 Å². The molecule has 0 bridgehead atoms. The van der Waals surface area contributed by atoms with Crippen LogP contribution in [0.1, 0.15) is 12.0 Å². The number of halogens is 1. The predicted molar refractivity (Wildman–Crippen MR) is 133 cm³/mol. The van der Waals surface area contributed by atoms with E-state index in [-0.39, 0.29) is 35.4 Å². The van der Waals surface area contributed by atoms with E-state index in [9.17, 15) is 8.42 Å². The van der Waals surface area contributed by atoms with E-state index in [0.29, 0.717) is 18.5 Å². The van der Waals surface area contributed by atoms with E-state index in [2.05, 4.69) is 37.4 Å². The first-order valence-electron chi connectivity index (χ1n) is 9.81. The van der Waals surface area contributed by atoms with Gasteiger partial charge in [0.25, 0.3) is 0 Å². The van der Waals surface area contributed by atoms with Crippen molar-refractivity contribution >= 4 is 45.6 Å². The predicted octanol–water partition coefficient (Wildman–Crippen LogP) is 2.34. The van der Waals surface area contributed by atoms with Gasteiger partial charge in [-0.25, -0.2) is 13.1 Å². The van der Waals surface area contributed by atoms with Gasteiger partial charge in [-0.3, -0.25) is 4.99 Å². The minimum atomic E-state index is -3.50. The molecule has 0 aliphatic carbocycles. The van der Waals surface area contributed by atoms with Gasteiger partial charge in [0.2, 0.25) is 10.0 Å². The highest BCUT2D eigenvalue weighted by molar-refractivity contribution is 14.0. The molecule has 1 unspecified atom stereocenters. The Hall–Kier alpha value is -1.85. The van der Waals surface area contributed by atoms with Crippen LogP contribution in [0.5, 0.6) is 0 Å². The Morgan fingerprint density at radius 2 is 1.80 bits per heavy atom. The largest absolute Gasteiger partial charge is 0.369 e. The van der Waals surface area contributed by atoms with E-state index < -0.39 is 10.0 Å². The molecule has 0 saturated carbocycles. The molecule has 0 spiro atoms. The second-order valence-corrected chi connectivity index (χ2v) is 8.89. The molecule has 1 fully saturated rings. The average Bonchev–Trinajstić information content (AvgIpc) is 3.20. The van der Waals surface area contributed by atoms with Crippen LogP contribution >= 0.6 is 24.0 Å². The third-order valence-corrected chi connectivity index (χ3v) is 6.39. The molecule has 7 nitrogen and oxygen atoms in total. The monoisotopic (exact) mass is 543 g/mol. The molecule has 1 aliphatic heterocycles. The zero-order valence-corrected chi connectivity index (χ0v) is 20.5. The second-order valence-electron chi connectivity index (χ2n) is 7.12. The third-order valence-electron chi connectivity index (χ3n) is 4.91. The number of benzene rings is 2. The Labute approximate surface area is 196 Å². The Morgan fingerprint density at radius 3 is 2.47 bits per heavy atom. The molecular weight excluding hydrogens is 513 g/mol. The quantitative estimate of drug-likeness (QED) is 0.216. The van der Waals surface area contributed by atoms with Gasteiger partial charge in [0, 0.05) is 45.0 Å². The highest BCUT2D eigenvalue weighted by Crippen LogP contribution is 2.19. The summed E-state index contributed by atoms with van der Waals surface area (Å²) in [6.45, 7) is 4.55. The number of nitrogens with one attached hydrogen (secondary N) is 3. The highest BCUT2D eigenvalue weighted by atomic mass is 127. The Morgan fingerprint density at radius 1 is 1.10 bits per heavy atom. The molecule has 2 aromatic carbocycles. The highest BCUT2D eigenvalue weighted by Gasteiger charge is 2.23. The number of hydrogen-bond acceptors (Lipinski definition) is 4. The van der Waals surface area contributed by atoms with Gasteiger partial charge < -0.3 is 15.5 Å². The normalized spacial score (nSPS) is 16.8. The Kier molecular flexibility index (Phi) is 9.37. The van der Waals surface area contributed by atoms with Crippen molar-refractivity contribution in [1.29, 1.82) is 0 Å². The molecule has 1 heterocycles. The molecule has 9 heteroatoms. The molecule has 164 valence electrons. The van der Waals surface area contributed by atoms with Gasteiger partial charge in [-0.05, 0) is 37.6 Å². The number of para-hydroxylation sites is 1. The van der Waals surface area contributed by atoms with Crippen LogP contribution in [0.4, 0.5) is 5.69 Å². The lowest BCUT2D eigenvalue weighted by Gasteiger charge is -2.20. The van der Waals surface area contributed by atoms with Crippen LogP contribution in [0.15, 0.2) is 64.5 Å². The smallest absolute Gasteiger partial charge is 0.240 e. The lowest BCUT2D eigenvalue weighted by Crippen LogP contribution is -2.46. The molecule has 3 rings (SSSR count). The molecule has 30 heavy (non-hydrogen) atoms. The molecule has 1 atom stereocenters. The van der Waals surface area contributed by atoms with Crippen LogP contribution in [-0.4, -0.2) is 53.6 Å². The number of sulfonamides is 1. The van der Waals surface area contributed by atoms with E-state index in [1.54, 1.807) is 31.3 Å². The SMILES string of the molecule is CN=C(NCCNS(=O)(=O)c1ccc(C)cc1)NC1CCN(c2ccccc2)C1.I. The number of guanidine groups is 1. The maximum absolute atomic E-state index is 12.3. The number of anilines is 1. The summed E-state index contributed by atoms with van der Waals surface area (Å²) < 4.78 is 27.2. The molecule has 0 radical (unpaired) electrons. The maximum Gasteiger partial charge on any atom is 0.240 e. The van der Waals surface area contributed by atoms with Gasteiger partial charge in [0.1, 0.15) is 0 Å². The van der Waals surface area contributed by atoms with Crippen LogP contribution in [0.25, 0.3) is 0 Å². The summed E-state index contributed by atoms with van der Waals surface area (Å²) in [5.74, 6) is 0.680. The first kappa shape index (κ1) is 24.4.